The first-order valence-corrected chi connectivity index (χ1v) is 8.35. The van der Waals surface area contributed by atoms with Crippen LogP contribution in [0.3, 0.4) is 0 Å². The molecule has 3 heterocycles. The molecule has 0 atom stereocenters. The molecule has 2 aromatic heterocycles. The second-order valence-electron chi connectivity index (χ2n) is 4.70. The first-order valence-electron chi connectivity index (χ1n) is 6.66. The molecule has 19 heavy (non-hydrogen) atoms. The van der Waals surface area contributed by atoms with Crippen LogP contribution in [0.25, 0.3) is 10.6 Å². The van der Waals surface area contributed by atoms with Gasteiger partial charge in [0, 0.05) is 31.6 Å². The molecule has 0 radical (unpaired) electrons. The summed E-state index contributed by atoms with van der Waals surface area (Å²) in [5.74, 6) is 0. The molecule has 4 nitrogen and oxygen atoms in total. The Morgan fingerprint density at radius 1 is 1.37 bits per heavy atom. The summed E-state index contributed by atoms with van der Waals surface area (Å²) in [5.41, 5.74) is 1.04. The average Bonchev–Trinajstić information content (AvgIpc) is 3.16. The van der Waals surface area contributed by atoms with Crippen molar-refractivity contribution in [1.82, 2.24) is 14.9 Å². The number of thiazole rings is 2. The lowest BCUT2D eigenvalue weighted by molar-refractivity contribution is 0.343. The lowest BCUT2D eigenvalue weighted by atomic mass is 10.4. The van der Waals surface area contributed by atoms with Crippen molar-refractivity contribution < 1.29 is 0 Å². The van der Waals surface area contributed by atoms with E-state index in [2.05, 4.69) is 25.6 Å². The van der Waals surface area contributed by atoms with E-state index in [4.69, 9.17) is 0 Å². The summed E-state index contributed by atoms with van der Waals surface area (Å²) in [7, 11) is 1.90. The smallest absolute Gasteiger partial charge is 0.182 e. The number of hydrogen-bond acceptors (Lipinski definition) is 6. The number of nitrogens with one attached hydrogen (secondary N) is 1. The van der Waals surface area contributed by atoms with Gasteiger partial charge in [0.05, 0.1) is 15.6 Å². The monoisotopic (exact) mass is 294 g/mol. The summed E-state index contributed by atoms with van der Waals surface area (Å²) >= 11 is 3.41. The Balaban J connectivity index is 1.62. The summed E-state index contributed by atoms with van der Waals surface area (Å²) in [6, 6.07) is 0. The SMILES string of the molecule is CNc1nc(-c2cnc(CCN3CCCC3)s2)cs1. The van der Waals surface area contributed by atoms with Gasteiger partial charge in [0.25, 0.3) is 0 Å². The van der Waals surface area contributed by atoms with Crippen molar-refractivity contribution in [3.8, 4) is 10.6 Å². The van der Waals surface area contributed by atoms with Crippen LogP contribution in [0.4, 0.5) is 5.13 Å². The van der Waals surface area contributed by atoms with Crippen molar-refractivity contribution in [3.63, 3.8) is 0 Å². The van der Waals surface area contributed by atoms with E-state index in [1.54, 1.807) is 22.7 Å². The Morgan fingerprint density at radius 3 is 2.95 bits per heavy atom. The van der Waals surface area contributed by atoms with E-state index >= 15 is 0 Å². The quantitative estimate of drug-likeness (QED) is 0.920. The zero-order valence-electron chi connectivity index (χ0n) is 11.1. The molecule has 3 rings (SSSR count). The third kappa shape index (κ3) is 3.13. The van der Waals surface area contributed by atoms with Gasteiger partial charge in [-0.25, -0.2) is 9.97 Å². The Kier molecular flexibility index (Phi) is 4.10. The maximum absolute atomic E-state index is 4.52. The molecule has 1 aliphatic heterocycles. The van der Waals surface area contributed by atoms with Crippen LogP contribution in [0.2, 0.25) is 0 Å². The van der Waals surface area contributed by atoms with Crippen molar-refractivity contribution in [2.24, 2.45) is 0 Å². The van der Waals surface area contributed by atoms with E-state index in [-0.39, 0.29) is 0 Å². The van der Waals surface area contributed by atoms with Gasteiger partial charge in [-0.15, -0.1) is 22.7 Å². The molecule has 0 amide bonds. The maximum atomic E-state index is 4.52. The second kappa shape index (κ2) is 5.98. The number of likely N-dealkylation sites (tertiary alicyclic amines) is 1. The molecule has 1 N–H and O–H groups in total. The van der Waals surface area contributed by atoms with Crippen molar-refractivity contribution >= 4 is 27.8 Å². The van der Waals surface area contributed by atoms with Crippen molar-refractivity contribution in [3.05, 3.63) is 16.6 Å². The van der Waals surface area contributed by atoms with E-state index in [1.807, 2.05) is 13.2 Å². The van der Waals surface area contributed by atoms with Gasteiger partial charge < -0.3 is 10.2 Å². The van der Waals surface area contributed by atoms with Gasteiger partial charge in [0.1, 0.15) is 0 Å². The standard InChI is InChI=1S/C13H18N4S2/c1-14-13-16-10(9-18-13)11-8-15-12(19-11)4-7-17-5-2-3-6-17/h8-9H,2-7H2,1H3,(H,14,16). The third-order valence-electron chi connectivity index (χ3n) is 3.36. The largest absolute Gasteiger partial charge is 0.365 e. The first kappa shape index (κ1) is 13.0. The zero-order chi connectivity index (χ0) is 13.1. The Morgan fingerprint density at radius 2 is 2.21 bits per heavy atom. The van der Waals surface area contributed by atoms with Crippen LogP contribution in [0.1, 0.15) is 17.8 Å². The highest BCUT2D eigenvalue weighted by Crippen LogP contribution is 2.29. The second-order valence-corrected chi connectivity index (χ2v) is 6.68. The fourth-order valence-electron chi connectivity index (χ4n) is 2.31. The molecule has 0 aliphatic carbocycles. The lowest BCUT2D eigenvalue weighted by Gasteiger charge is -2.12. The summed E-state index contributed by atoms with van der Waals surface area (Å²) in [6.45, 7) is 3.66. The highest BCUT2D eigenvalue weighted by molar-refractivity contribution is 7.16. The molecular weight excluding hydrogens is 276 g/mol. The van der Waals surface area contributed by atoms with Crippen LogP contribution in [0.5, 0.6) is 0 Å². The van der Waals surface area contributed by atoms with Crippen molar-refractivity contribution in [2.75, 3.05) is 32.0 Å². The number of rotatable bonds is 5. The fourth-order valence-corrected chi connectivity index (χ4v) is 3.92. The topological polar surface area (TPSA) is 41.1 Å². The van der Waals surface area contributed by atoms with Gasteiger partial charge in [0.15, 0.2) is 5.13 Å². The minimum absolute atomic E-state index is 0.960. The van der Waals surface area contributed by atoms with Crippen LogP contribution in [0, 0.1) is 0 Å². The molecule has 6 heteroatoms. The highest BCUT2D eigenvalue weighted by Gasteiger charge is 2.13. The van der Waals surface area contributed by atoms with Gasteiger partial charge in [-0.05, 0) is 25.9 Å². The van der Waals surface area contributed by atoms with Gasteiger partial charge >= 0.3 is 0 Å². The number of anilines is 1. The van der Waals surface area contributed by atoms with Gasteiger partial charge in [0.2, 0.25) is 0 Å². The molecule has 2 aromatic rings. The number of hydrogen-bond donors (Lipinski definition) is 1. The third-order valence-corrected chi connectivity index (χ3v) is 5.30. The summed E-state index contributed by atoms with van der Waals surface area (Å²) in [5, 5.41) is 7.34. The van der Waals surface area contributed by atoms with Crippen LogP contribution in [0.15, 0.2) is 11.6 Å². The van der Waals surface area contributed by atoms with Gasteiger partial charge in [-0.2, -0.15) is 0 Å². The Labute approximate surface area is 121 Å². The van der Waals surface area contributed by atoms with Crippen LogP contribution >= 0.6 is 22.7 Å². The Hall–Kier alpha value is -0.980. The molecule has 1 aliphatic rings. The Bertz CT molecular complexity index is 528. The van der Waals surface area contributed by atoms with Crippen LogP contribution in [-0.4, -0.2) is 41.5 Å². The average molecular weight is 294 g/mol. The molecule has 102 valence electrons. The predicted octanol–water partition coefficient (Wildman–Crippen LogP) is 2.95. The van der Waals surface area contributed by atoms with Gasteiger partial charge in [-0.3, -0.25) is 0 Å². The lowest BCUT2D eigenvalue weighted by Crippen LogP contribution is -2.21. The highest BCUT2D eigenvalue weighted by atomic mass is 32.1. The van der Waals surface area contributed by atoms with E-state index in [0.29, 0.717) is 0 Å². The summed E-state index contributed by atoms with van der Waals surface area (Å²) in [4.78, 5) is 12.7. The first-order chi connectivity index (χ1) is 9.35. The summed E-state index contributed by atoms with van der Waals surface area (Å²) < 4.78 is 0. The molecule has 1 saturated heterocycles. The molecular formula is C13H18N4S2. The maximum Gasteiger partial charge on any atom is 0.182 e. The number of aromatic nitrogens is 2. The molecule has 0 unspecified atom stereocenters. The van der Waals surface area contributed by atoms with Gasteiger partial charge in [-0.1, -0.05) is 0 Å². The normalized spacial score (nSPS) is 16.1. The van der Waals surface area contributed by atoms with E-state index in [0.717, 1.165) is 23.8 Å². The number of nitrogens with zero attached hydrogens (tertiary/aromatic N) is 3. The minimum atomic E-state index is 0.960. The molecule has 0 saturated carbocycles. The minimum Gasteiger partial charge on any atom is -0.365 e. The van der Waals surface area contributed by atoms with Crippen molar-refractivity contribution in [1.29, 1.82) is 0 Å². The summed E-state index contributed by atoms with van der Waals surface area (Å²) in [6.07, 6.45) is 5.73. The molecule has 0 spiro atoms. The van der Waals surface area contributed by atoms with Crippen molar-refractivity contribution in [2.45, 2.75) is 19.3 Å². The fraction of sp³-hybridized carbons (Fsp3) is 0.538. The van der Waals surface area contributed by atoms with Crippen LogP contribution < -0.4 is 5.32 Å². The van der Waals surface area contributed by atoms with Crippen LogP contribution in [-0.2, 0) is 6.42 Å². The molecule has 1 fully saturated rings. The zero-order valence-corrected chi connectivity index (χ0v) is 12.7. The van der Waals surface area contributed by atoms with E-state index < -0.39 is 0 Å². The molecule has 0 aromatic carbocycles. The van der Waals surface area contributed by atoms with E-state index in [1.165, 1.54) is 35.8 Å². The predicted molar refractivity (Wildman–Crippen MR) is 82.1 cm³/mol. The molecule has 0 bridgehead atoms. The van der Waals surface area contributed by atoms with E-state index in [9.17, 15) is 0 Å².